The van der Waals surface area contributed by atoms with Gasteiger partial charge < -0.3 is 0 Å². The van der Waals surface area contributed by atoms with Crippen LogP contribution in [-0.2, 0) is 13.1 Å². The summed E-state index contributed by atoms with van der Waals surface area (Å²) in [7, 11) is 0. The van der Waals surface area contributed by atoms with Crippen molar-refractivity contribution in [3.05, 3.63) is 31.8 Å². The zero-order valence-electron chi connectivity index (χ0n) is 9.11. The first-order valence-corrected chi connectivity index (χ1v) is 6.89. The second-order valence-corrected chi connectivity index (χ2v) is 5.43. The minimum Gasteiger partial charge on any atom is -0.268 e. The van der Waals surface area contributed by atoms with Gasteiger partial charge >= 0.3 is 0 Å². The Morgan fingerprint density at radius 3 is 2.75 bits per heavy atom. The van der Waals surface area contributed by atoms with Gasteiger partial charge in [0.2, 0.25) is 0 Å². The van der Waals surface area contributed by atoms with Crippen molar-refractivity contribution in [2.75, 3.05) is 0 Å². The molecule has 0 fully saturated rings. The van der Waals surface area contributed by atoms with E-state index in [2.05, 4.69) is 61.7 Å². The molecule has 0 atom stereocenters. The number of aromatic nitrogens is 4. The summed E-state index contributed by atoms with van der Waals surface area (Å²) >= 11 is 5.67. The van der Waals surface area contributed by atoms with E-state index in [1.807, 2.05) is 22.5 Å². The summed E-state index contributed by atoms with van der Waals surface area (Å²) in [6.45, 7) is 5.76. The van der Waals surface area contributed by atoms with E-state index >= 15 is 0 Å². The van der Waals surface area contributed by atoms with Crippen molar-refractivity contribution in [3.8, 4) is 0 Å². The van der Waals surface area contributed by atoms with Gasteiger partial charge in [-0.1, -0.05) is 0 Å². The molecule has 0 aliphatic heterocycles. The lowest BCUT2D eigenvalue weighted by Gasteiger charge is -2.04. The Morgan fingerprint density at radius 1 is 1.44 bits per heavy atom. The zero-order chi connectivity index (χ0) is 11.7. The highest BCUT2D eigenvalue weighted by atomic mass is 127. The third-order valence-electron chi connectivity index (χ3n) is 2.28. The third-order valence-corrected chi connectivity index (χ3v) is 4.40. The van der Waals surface area contributed by atoms with Crippen LogP contribution in [0.5, 0.6) is 0 Å². The molecule has 0 unspecified atom stereocenters. The molecule has 4 nitrogen and oxygen atoms in total. The maximum absolute atomic E-state index is 4.42. The predicted molar refractivity (Wildman–Crippen MR) is 74.4 cm³/mol. The van der Waals surface area contributed by atoms with Crippen LogP contribution >= 0.6 is 38.5 Å². The maximum atomic E-state index is 4.42. The molecule has 0 aliphatic carbocycles. The first-order valence-electron chi connectivity index (χ1n) is 5.02. The van der Waals surface area contributed by atoms with Crippen LogP contribution in [0.2, 0.25) is 0 Å². The molecule has 0 saturated heterocycles. The number of aryl methyl sites for hydroxylation is 2. The summed E-state index contributed by atoms with van der Waals surface area (Å²) in [5, 5.41) is 8.82. The van der Waals surface area contributed by atoms with Gasteiger partial charge in [0, 0.05) is 12.7 Å². The van der Waals surface area contributed by atoms with Gasteiger partial charge in [0.05, 0.1) is 22.4 Å². The van der Waals surface area contributed by atoms with Crippen molar-refractivity contribution in [1.29, 1.82) is 0 Å². The van der Waals surface area contributed by atoms with Crippen LogP contribution in [-0.4, -0.2) is 19.6 Å². The Bertz CT molecular complexity index is 483. The van der Waals surface area contributed by atoms with E-state index in [-0.39, 0.29) is 0 Å². The summed E-state index contributed by atoms with van der Waals surface area (Å²) in [4.78, 5) is 0. The molecule has 0 saturated carbocycles. The van der Waals surface area contributed by atoms with Gasteiger partial charge in [-0.25, -0.2) is 0 Å². The van der Waals surface area contributed by atoms with Crippen LogP contribution in [0.3, 0.4) is 0 Å². The summed E-state index contributed by atoms with van der Waals surface area (Å²) < 4.78 is 5.95. The van der Waals surface area contributed by atoms with Crippen LogP contribution < -0.4 is 0 Å². The molecule has 2 aromatic heterocycles. The third kappa shape index (κ3) is 2.48. The molecule has 2 heterocycles. The minimum absolute atomic E-state index is 0.760. The number of halogens is 2. The van der Waals surface area contributed by atoms with Gasteiger partial charge in [-0.3, -0.25) is 9.36 Å². The van der Waals surface area contributed by atoms with Crippen molar-refractivity contribution in [3.63, 3.8) is 0 Å². The average molecular weight is 395 g/mol. The van der Waals surface area contributed by atoms with Crippen LogP contribution in [0.25, 0.3) is 0 Å². The van der Waals surface area contributed by atoms with Crippen molar-refractivity contribution in [1.82, 2.24) is 19.6 Å². The number of nitrogens with zero attached hydrogens (tertiary/aromatic N) is 4. The smallest absolute Gasteiger partial charge is 0.137 e. The van der Waals surface area contributed by atoms with Gasteiger partial charge in [-0.2, -0.15) is 10.2 Å². The first kappa shape index (κ1) is 12.1. The standard InChI is InChI=1S/C10H12BrIN4/c1-3-16-8(4-7(2)13-16)5-15-6-9(11)10(12)14-15/h4,6H,3,5H2,1-2H3. The topological polar surface area (TPSA) is 35.6 Å². The van der Waals surface area contributed by atoms with E-state index in [9.17, 15) is 0 Å². The Kier molecular flexibility index (Phi) is 3.68. The molecule has 0 bridgehead atoms. The number of hydrogen-bond acceptors (Lipinski definition) is 2. The van der Waals surface area contributed by atoms with E-state index in [0.29, 0.717) is 0 Å². The lowest BCUT2D eigenvalue weighted by atomic mass is 10.3. The fourth-order valence-electron chi connectivity index (χ4n) is 1.62. The number of rotatable bonds is 3. The summed E-state index contributed by atoms with van der Waals surface area (Å²) in [6, 6.07) is 2.10. The summed E-state index contributed by atoms with van der Waals surface area (Å²) in [6.07, 6.45) is 1.99. The molecule has 0 amide bonds. The van der Waals surface area contributed by atoms with Gasteiger partial charge in [-0.15, -0.1) is 0 Å². The Morgan fingerprint density at radius 2 is 2.19 bits per heavy atom. The quantitative estimate of drug-likeness (QED) is 0.750. The summed E-state index contributed by atoms with van der Waals surface area (Å²) in [5.41, 5.74) is 2.24. The highest BCUT2D eigenvalue weighted by molar-refractivity contribution is 14.1. The first-order chi connectivity index (χ1) is 7.60. The molecule has 2 aromatic rings. The maximum Gasteiger partial charge on any atom is 0.137 e. The molecule has 16 heavy (non-hydrogen) atoms. The van der Waals surface area contributed by atoms with Crippen LogP contribution in [0.4, 0.5) is 0 Å². The molecule has 0 spiro atoms. The minimum atomic E-state index is 0.760. The molecular weight excluding hydrogens is 383 g/mol. The monoisotopic (exact) mass is 394 g/mol. The highest BCUT2D eigenvalue weighted by Crippen LogP contribution is 2.17. The van der Waals surface area contributed by atoms with Gasteiger partial charge in [0.25, 0.3) is 0 Å². The molecular formula is C10H12BrIN4. The number of hydrogen-bond donors (Lipinski definition) is 0. The van der Waals surface area contributed by atoms with Crippen molar-refractivity contribution < 1.29 is 0 Å². The Hall–Kier alpha value is -0.370. The Labute approximate surface area is 116 Å². The fourth-order valence-corrected chi connectivity index (χ4v) is 2.35. The lowest BCUT2D eigenvalue weighted by Crippen LogP contribution is -2.08. The zero-order valence-corrected chi connectivity index (χ0v) is 12.9. The van der Waals surface area contributed by atoms with E-state index in [1.165, 1.54) is 5.69 Å². The van der Waals surface area contributed by atoms with Crippen molar-refractivity contribution >= 4 is 38.5 Å². The normalized spacial score (nSPS) is 11.0. The largest absolute Gasteiger partial charge is 0.268 e. The molecule has 0 N–H and O–H groups in total. The molecule has 6 heteroatoms. The van der Waals surface area contributed by atoms with E-state index in [4.69, 9.17) is 0 Å². The molecule has 0 radical (unpaired) electrons. The second-order valence-electron chi connectivity index (χ2n) is 3.56. The van der Waals surface area contributed by atoms with Gasteiger partial charge in [0.1, 0.15) is 3.70 Å². The molecule has 86 valence electrons. The lowest BCUT2D eigenvalue weighted by molar-refractivity contribution is 0.574. The molecule has 0 aromatic carbocycles. The average Bonchev–Trinajstić information content (AvgIpc) is 2.72. The van der Waals surface area contributed by atoms with Crippen LogP contribution in [0.1, 0.15) is 18.3 Å². The second kappa shape index (κ2) is 4.87. The van der Waals surface area contributed by atoms with E-state index in [1.54, 1.807) is 0 Å². The van der Waals surface area contributed by atoms with Crippen molar-refractivity contribution in [2.45, 2.75) is 26.9 Å². The van der Waals surface area contributed by atoms with E-state index < -0.39 is 0 Å². The van der Waals surface area contributed by atoms with Crippen molar-refractivity contribution in [2.24, 2.45) is 0 Å². The summed E-state index contributed by atoms with van der Waals surface area (Å²) in [5.74, 6) is 0. The van der Waals surface area contributed by atoms with Crippen LogP contribution in [0.15, 0.2) is 16.7 Å². The molecule has 2 rings (SSSR count). The highest BCUT2D eigenvalue weighted by Gasteiger charge is 2.07. The van der Waals surface area contributed by atoms with Gasteiger partial charge in [-0.05, 0) is 58.4 Å². The fraction of sp³-hybridized carbons (Fsp3) is 0.400. The van der Waals surface area contributed by atoms with Gasteiger partial charge in [0.15, 0.2) is 0 Å². The van der Waals surface area contributed by atoms with E-state index in [0.717, 1.165) is 27.0 Å². The SMILES string of the molecule is CCn1nc(C)cc1Cn1cc(Br)c(I)n1. The Balaban J connectivity index is 2.26. The predicted octanol–water partition coefficient (Wildman–Crippen LogP) is 2.82. The van der Waals surface area contributed by atoms with Crippen LogP contribution in [0, 0.1) is 10.6 Å². The molecule has 0 aliphatic rings.